The van der Waals surface area contributed by atoms with Crippen molar-refractivity contribution in [1.29, 1.82) is 0 Å². The van der Waals surface area contributed by atoms with Gasteiger partial charge in [0.05, 0.1) is 17.9 Å². The first-order chi connectivity index (χ1) is 9.60. The van der Waals surface area contributed by atoms with Gasteiger partial charge in [-0.2, -0.15) is 5.10 Å². The van der Waals surface area contributed by atoms with Crippen molar-refractivity contribution < 1.29 is 4.79 Å². The Morgan fingerprint density at radius 2 is 2.30 bits per heavy atom. The molecule has 3 N–H and O–H groups in total. The molecule has 0 spiro atoms. The van der Waals surface area contributed by atoms with Crippen LogP contribution in [0.4, 0.5) is 5.82 Å². The van der Waals surface area contributed by atoms with Crippen LogP contribution in [-0.4, -0.2) is 27.2 Å². The number of pyridine rings is 1. The summed E-state index contributed by atoms with van der Waals surface area (Å²) >= 11 is 0. The van der Waals surface area contributed by atoms with Crippen molar-refractivity contribution in [2.75, 3.05) is 11.9 Å². The summed E-state index contributed by atoms with van der Waals surface area (Å²) in [5.41, 5.74) is 7.23. The minimum absolute atomic E-state index is 0.102. The Morgan fingerprint density at radius 1 is 1.50 bits per heavy atom. The predicted octanol–water partition coefficient (Wildman–Crippen LogP) is 1.17. The highest BCUT2D eigenvalue weighted by atomic mass is 16.2. The van der Waals surface area contributed by atoms with Gasteiger partial charge in [-0.05, 0) is 19.1 Å². The number of carbonyl (C=O) groups is 1. The van der Waals surface area contributed by atoms with Crippen molar-refractivity contribution in [2.45, 2.75) is 20.4 Å². The van der Waals surface area contributed by atoms with Gasteiger partial charge in [-0.3, -0.25) is 9.78 Å². The van der Waals surface area contributed by atoms with Gasteiger partial charge in [0.15, 0.2) is 0 Å². The van der Waals surface area contributed by atoms with Gasteiger partial charge >= 0.3 is 0 Å². The van der Waals surface area contributed by atoms with E-state index in [0.717, 1.165) is 11.4 Å². The highest BCUT2D eigenvalue weighted by Crippen LogP contribution is 2.13. The van der Waals surface area contributed by atoms with Crippen LogP contribution in [0.5, 0.6) is 0 Å². The van der Waals surface area contributed by atoms with Gasteiger partial charge in [0.1, 0.15) is 5.82 Å². The van der Waals surface area contributed by atoms with Gasteiger partial charge in [-0.25, -0.2) is 4.68 Å². The number of nitrogens with one attached hydrogen (secondary N) is 1. The third-order valence-electron chi connectivity index (χ3n) is 2.99. The molecule has 2 aromatic heterocycles. The molecular formula is C14H19N5O. The molecule has 106 valence electrons. The van der Waals surface area contributed by atoms with Crippen LogP contribution in [0.2, 0.25) is 0 Å². The van der Waals surface area contributed by atoms with Gasteiger partial charge in [0.25, 0.3) is 0 Å². The molecule has 0 aliphatic heterocycles. The van der Waals surface area contributed by atoms with Crippen LogP contribution < -0.4 is 11.1 Å². The molecule has 0 aromatic carbocycles. The number of anilines is 1. The van der Waals surface area contributed by atoms with Crippen LogP contribution in [0.3, 0.4) is 0 Å². The summed E-state index contributed by atoms with van der Waals surface area (Å²) in [7, 11) is 0. The van der Waals surface area contributed by atoms with E-state index in [1.54, 1.807) is 17.8 Å². The Hall–Kier alpha value is -2.21. The molecular weight excluding hydrogens is 254 g/mol. The Morgan fingerprint density at radius 3 is 2.95 bits per heavy atom. The summed E-state index contributed by atoms with van der Waals surface area (Å²) in [5, 5.41) is 7.23. The minimum Gasteiger partial charge on any atom is -0.330 e. The number of hydrogen-bond donors (Lipinski definition) is 2. The number of aryl methyl sites for hydroxylation is 1. The van der Waals surface area contributed by atoms with Gasteiger partial charge in [-0.15, -0.1) is 0 Å². The van der Waals surface area contributed by atoms with Crippen molar-refractivity contribution in [3.8, 4) is 0 Å². The lowest BCUT2D eigenvalue weighted by Crippen LogP contribution is -2.27. The van der Waals surface area contributed by atoms with Crippen LogP contribution in [0.1, 0.15) is 18.3 Å². The van der Waals surface area contributed by atoms with E-state index in [1.807, 2.05) is 31.2 Å². The van der Waals surface area contributed by atoms with E-state index in [-0.39, 0.29) is 11.8 Å². The van der Waals surface area contributed by atoms with Crippen LogP contribution in [0.25, 0.3) is 0 Å². The maximum atomic E-state index is 11.9. The summed E-state index contributed by atoms with van der Waals surface area (Å²) in [6.07, 6.45) is 1.74. The Kier molecular flexibility index (Phi) is 4.47. The molecule has 0 aliphatic carbocycles. The standard InChI is InChI=1S/C14H19N5O/c1-10(8-15)14(20)17-13-7-11(2)18-19(13)9-12-5-3-4-6-16-12/h3-7,10H,8-9,15H2,1-2H3,(H,17,20). The molecule has 0 radical (unpaired) electrons. The second-order valence-corrected chi connectivity index (χ2v) is 4.78. The average Bonchev–Trinajstić information content (AvgIpc) is 2.78. The Balaban J connectivity index is 2.16. The smallest absolute Gasteiger partial charge is 0.229 e. The second-order valence-electron chi connectivity index (χ2n) is 4.78. The zero-order valence-electron chi connectivity index (χ0n) is 11.7. The molecule has 2 heterocycles. The highest BCUT2D eigenvalue weighted by Gasteiger charge is 2.14. The number of nitrogens with zero attached hydrogens (tertiary/aromatic N) is 3. The number of rotatable bonds is 5. The maximum Gasteiger partial charge on any atom is 0.229 e. The van der Waals surface area contributed by atoms with Crippen LogP contribution in [0.15, 0.2) is 30.5 Å². The lowest BCUT2D eigenvalue weighted by molar-refractivity contribution is -0.119. The summed E-state index contributed by atoms with van der Waals surface area (Å²) in [6, 6.07) is 7.55. The minimum atomic E-state index is -0.228. The summed E-state index contributed by atoms with van der Waals surface area (Å²) in [5.74, 6) is 0.335. The van der Waals surface area contributed by atoms with E-state index in [9.17, 15) is 4.79 Å². The first-order valence-electron chi connectivity index (χ1n) is 6.55. The molecule has 1 unspecified atom stereocenters. The van der Waals surface area contributed by atoms with Crippen molar-refractivity contribution in [3.63, 3.8) is 0 Å². The second kappa shape index (κ2) is 6.29. The fourth-order valence-electron chi connectivity index (χ4n) is 1.77. The molecule has 1 atom stereocenters. The van der Waals surface area contributed by atoms with Gasteiger partial charge < -0.3 is 11.1 Å². The highest BCUT2D eigenvalue weighted by molar-refractivity contribution is 5.91. The van der Waals surface area contributed by atoms with Gasteiger partial charge in [-0.1, -0.05) is 13.0 Å². The molecule has 2 aromatic rings. The number of carbonyl (C=O) groups excluding carboxylic acids is 1. The monoisotopic (exact) mass is 273 g/mol. The fourth-order valence-corrected chi connectivity index (χ4v) is 1.77. The molecule has 0 saturated heterocycles. The summed E-state index contributed by atoms with van der Waals surface area (Å²) in [4.78, 5) is 16.2. The molecule has 2 rings (SSSR count). The quantitative estimate of drug-likeness (QED) is 0.856. The van der Waals surface area contributed by atoms with Gasteiger partial charge in [0, 0.05) is 24.7 Å². The summed E-state index contributed by atoms with van der Waals surface area (Å²) < 4.78 is 1.73. The fraction of sp³-hybridized carbons (Fsp3) is 0.357. The topological polar surface area (TPSA) is 85.8 Å². The lowest BCUT2D eigenvalue weighted by Gasteiger charge is -2.11. The van der Waals surface area contributed by atoms with E-state index >= 15 is 0 Å². The zero-order valence-corrected chi connectivity index (χ0v) is 11.7. The van der Waals surface area contributed by atoms with Crippen LogP contribution >= 0.6 is 0 Å². The van der Waals surface area contributed by atoms with E-state index in [1.165, 1.54) is 0 Å². The zero-order chi connectivity index (χ0) is 14.5. The van der Waals surface area contributed by atoms with Crippen LogP contribution in [0, 0.1) is 12.8 Å². The van der Waals surface area contributed by atoms with E-state index in [4.69, 9.17) is 5.73 Å². The first kappa shape index (κ1) is 14.2. The van der Waals surface area contributed by atoms with Crippen molar-refractivity contribution in [1.82, 2.24) is 14.8 Å². The Bertz CT molecular complexity index is 579. The third-order valence-corrected chi connectivity index (χ3v) is 2.99. The number of aromatic nitrogens is 3. The molecule has 0 fully saturated rings. The number of nitrogens with two attached hydrogens (primary N) is 1. The number of hydrogen-bond acceptors (Lipinski definition) is 4. The van der Waals surface area contributed by atoms with Crippen molar-refractivity contribution in [2.24, 2.45) is 11.7 Å². The molecule has 1 amide bonds. The maximum absolute atomic E-state index is 11.9. The predicted molar refractivity (Wildman–Crippen MR) is 77.2 cm³/mol. The first-order valence-corrected chi connectivity index (χ1v) is 6.55. The van der Waals surface area contributed by atoms with E-state index in [2.05, 4.69) is 15.4 Å². The molecule has 6 nitrogen and oxygen atoms in total. The number of amides is 1. The molecule has 0 bridgehead atoms. The van der Waals surface area contributed by atoms with E-state index in [0.29, 0.717) is 18.9 Å². The van der Waals surface area contributed by atoms with Crippen LogP contribution in [-0.2, 0) is 11.3 Å². The third kappa shape index (κ3) is 3.42. The van der Waals surface area contributed by atoms with Gasteiger partial charge in [0.2, 0.25) is 5.91 Å². The lowest BCUT2D eigenvalue weighted by atomic mass is 10.2. The largest absolute Gasteiger partial charge is 0.330 e. The normalized spacial score (nSPS) is 12.2. The molecule has 20 heavy (non-hydrogen) atoms. The van der Waals surface area contributed by atoms with Crippen molar-refractivity contribution >= 4 is 11.7 Å². The van der Waals surface area contributed by atoms with E-state index < -0.39 is 0 Å². The summed E-state index contributed by atoms with van der Waals surface area (Å²) in [6.45, 7) is 4.51. The molecule has 6 heteroatoms. The Labute approximate surface area is 118 Å². The molecule has 0 aliphatic rings. The average molecular weight is 273 g/mol. The van der Waals surface area contributed by atoms with Crippen molar-refractivity contribution in [3.05, 3.63) is 41.9 Å². The SMILES string of the molecule is Cc1cc(NC(=O)C(C)CN)n(Cc2ccccn2)n1. The molecule has 0 saturated carbocycles.